The molecule has 7 nitrogen and oxygen atoms in total. The number of benzene rings is 1. The number of carbonyl (C=O) groups is 1. The quantitative estimate of drug-likeness (QED) is 0.715. The first kappa shape index (κ1) is 16.3. The number of hydrogen-bond acceptors (Lipinski definition) is 5. The minimum atomic E-state index is -0.352. The molecule has 1 unspecified atom stereocenters. The monoisotopic (exact) mass is 363 g/mol. The second kappa shape index (κ2) is 6.06. The van der Waals surface area contributed by atoms with Gasteiger partial charge in [0.2, 0.25) is 0 Å². The number of likely N-dealkylation sites (tertiary alicyclic amines) is 1. The summed E-state index contributed by atoms with van der Waals surface area (Å²) in [7, 11) is 1.79. The Labute approximate surface area is 157 Å². The molecule has 2 aliphatic heterocycles. The normalized spacial score (nSPS) is 22.9. The van der Waals surface area contributed by atoms with Gasteiger partial charge in [0.15, 0.2) is 5.65 Å². The molecule has 0 radical (unpaired) electrons. The van der Waals surface area contributed by atoms with E-state index in [-0.39, 0.29) is 11.7 Å². The highest BCUT2D eigenvalue weighted by Gasteiger charge is 2.48. The Kier molecular flexibility index (Phi) is 3.65. The molecule has 3 aromatic rings. The Hall–Kier alpha value is -2.93. The van der Waals surface area contributed by atoms with Crippen LogP contribution in [0.25, 0.3) is 16.8 Å². The lowest BCUT2D eigenvalue weighted by Gasteiger charge is -2.21. The predicted octanol–water partition coefficient (Wildman–Crippen LogP) is 2.42. The number of aromatic nitrogens is 3. The van der Waals surface area contributed by atoms with Crippen molar-refractivity contribution in [2.45, 2.75) is 18.6 Å². The van der Waals surface area contributed by atoms with Crippen LogP contribution in [0.15, 0.2) is 48.9 Å². The van der Waals surface area contributed by atoms with Crippen LogP contribution in [0.2, 0.25) is 0 Å². The van der Waals surface area contributed by atoms with Crippen LogP contribution >= 0.6 is 0 Å². The van der Waals surface area contributed by atoms with Crippen LogP contribution in [0.5, 0.6) is 0 Å². The molecule has 4 heterocycles. The summed E-state index contributed by atoms with van der Waals surface area (Å²) in [6.45, 7) is 3.11. The van der Waals surface area contributed by atoms with Gasteiger partial charge in [-0.2, -0.15) is 5.10 Å². The van der Waals surface area contributed by atoms with Crippen LogP contribution in [0.4, 0.5) is 4.79 Å². The number of hydrogen-bond donors (Lipinski definition) is 0. The van der Waals surface area contributed by atoms with E-state index in [1.807, 2.05) is 41.3 Å². The highest BCUT2D eigenvalue weighted by molar-refractivity contribution is 5.76. The van der Waals surface area contributed by atoms with E-state index < -0.39 is 0 Å². The van der Waals surface area contributed by atoms with E-state index >= 15 is 0 Å². The van der Waals surface area contributed by atoms with Crippen molar-refractivity contribution < 1.29 is 9.53 Å². The fraction of sp³-hybridized carbons (Fsp3) is 0.350. The van der Waals surface area contributed by atoms with Gasteiger partial charge in [-0.05, 0) is 5.56 Å². The molecule has 1 amide bonds. The predicted molar refractivity (Wildman–Crippen MR) is 100 cm³/mol. The van der Waals surface area contributed by atoms with E-state index in [0.717, 1.165) is 48.4 Å². The maximum absolute atomic E-state index is 11.7. The third-order valence-corrected chi connectivity index (χ3v) is 5.44. The molecule has 0 saturated carbocycles. The Morgan fingerprint density at radius 3 is 2.81 bits per heavy atom. The van der Waals surface area contributed by atoms with E-state index in [9.17, 15) is 4.79 Å². The van der Waals surface area contributed by atoms with Crippen LogP contribution < -0.4 is 0 Å². The van der Waals surface area contributed by atoms with Crippen molar-refractivity contribution in [2.75, 3.05) is 26.7 Å². The first-order valence-corrected chi connectivity index (χ1v) is 9.16. The third-order valence-electron chi connectivity index (χ3n) is 5.44. The van der Waals surface area contributed by atoms with Gasteiger partial charge in [-0.1, -0.05) is 30.3 Å². The highest BCUT2D eigenvalue weighted by Crippen LogP contribution is 2.32. The molecule has 5 rings (SSSR count). The molecule has 2 saturated heterocycles. The van der Waals surface area contributed by atoms with E-state index in [4.69, 9.17) is 4.74 Å². The SMILES string of the molecule is CN1CC2(CCN(Cc3cnc4c(-c5ccccc5)cnn4c3)C2)OC1=O. The fourth-order valence-electron chi connectivity index (χ4n) is 4.14. The first-order valence-electron chi connectivity index (χ1n) is 9.16. The van der Waals surface area contributed by atoms with Gasteiger partial charge in [-0.25, -0.2) is 14.3 Å². The van der Waals surface area contributed by atoms with Crippen LogP contribution in [0, 0.1) is 0 Å². The van der Waals surface area contributed by atoms with Gasteiger partial charge in [-0.3, -0.25) is 4.90 Å². The smallest absolute Gasteiger partial charge is 0.410 e. The van der Waals surface area contributed by atoms with Gasteiger partial charge in [0, 0.05) is 56.6 Å². The zero-order valence-electron chi connectivity index (χ0n) is 15.2. The van der Waals surface area contributed by atoms with Crippen LogP contribution in [-0.4, -0.2) is 62.8 Å². The number of amides is 1. The van der Waals surface area contributed by atoms with Gasteiger partial charge >= 0.3 is 6.09 Å². The standard InChI is InChI=1S/C20H21N5O2/c1-23-13-20(27-19(23)26)7-8-24(14-20)11-15-9-21-18-17(10-22-25(18)12-15)16-5-3-2-4-6-16/h2-6,9-10,12H,7-8,11,13-14H2,1H3. The minimum absolute atomic E-state index is 0.218. The topological polar surface area (TPSA) is 63.0 Å². The summed E-state index contributed by atoms with van der Waals surface area (Å²) in [6.07, 6.45) is 6.47. The molecule has 1 atom stereocenters. The zero-order valence-corrected chi connectivity index (χ0v) is 15.2. The summed E-state index contributed by atoms with van der Waals surface area (Å²) in [4.78, 5) is 20.4. The van der Waals surface area contributed by atoms with Crippen LogP contribution in [0.1, 0.15) is 12.0 Å². The Bertz CT molecular complexity index is 1000. The molecule has 0 bridgehead atoms. The summed E-state index contributed by atoms with van der Waals surface area (Å²) in [6, 6.07) is 10.2. The lowest BCUT2D eigenvalue weighted by molar-refractivity contribution is 0.0627. The Morgan fingerprint density at radius 2 is 2.04 bits per heavy atom. The second-order valence-corrected chi connectivity index (χ2v) is 7.52. The van der Waals surface area contributed by atoms with E-state index in [1.165, 1.54) is 0 Å². The first-order chi connectivity index (χ1) is 13.1. The number of ether oxygens (including phenoxy) is 1. The summed E-state index contributed by atoms with van der Waals surface area (Å²) < 4.78 is 7.46. The van der Waals surface area contributed by atoms with E-state index in [1.54, 1.807) is 11.9 Å². The van der Waals surface area contributed by atoms with Crippen molar-refractivity contribution >= 4 is 11.7 Å². The summed E-state index contributed by atoms with van der Waals surface area (Å²) >= 11 is 0. The van der Waals surface area contributed by atoms with Gasteiger partial charge in [0.1, 0.15) is 5.60 Å². The summed E-state index contributed by atoms with van der Waals surface area (Å²) in [5.74, 6) is 0. The third kappa shape index (κ3) is 2.84. The van der Waals surface area contributed by atoms with Crippen molar-refractivity contribution in [3.05, 3.63) is 54.5 Å². The number of fused-ring (bicyclic) bond motifs is 1. The molecular formula is C20H21N5O2. The maximum atomic E-state index is 11.7. The van der Waals surface area contributed by atoms with Crippen molar-refractivity contribution in [1.29, 1.82) is 0 Å². The number of rotatable bonds is 3. The molecule has 0 N–H and O–H groups in total. The molecule has 7 heteroatoms. The van der Waals surface area contributed by atoms with Crippen molar-refractivity contribution in [1.82, 2.24) is 24.4 Å². The number of likely N-dealkylation sites (N-methyl/N-ethyl adjacent to an activating group) is 1. The van der Waals surface area contributed by atoms with Crippen molar-refractivity contribution in [3.63, 3.8) is 0 Å². The molecular weight excluding hydrogens is 342 g/mol. The number of nitrogens with zero attached hydrogens (tertiary/aromatic N) is 5. The second-order valence-electron chi connectivity index (χ2n) is 7.52. The summed E-state index contributed by atoms with van der Waals surface area (Å²) in [5, 5.41) is 4.48. The molecule has 138 valence electrons. The van der Waals surface area contributed by atoms with Crippen molar-refractivity contribution in [2.24, 2.45) is 0 Å². The maximum Gasteiger partial charge on any atom is 0.410 e. The average Bonchev–Trinajstić information content (AvgIpc) is 3.33. The largest absolute Gasteiger partial charge is 0.439 e. The van der Waals surface area contributed by atoms with Crippen LogP contribution in [-0.2, 0) is 11.3 Å². The molecule has 2 fully saturated rings. The van der Waals surface area contributed by atoms with E-state index in [2.05, 4.69) is 27.1 Å². The molecule has 2 aliphatic rings. The molecule has 0 aliphatic carbocycles. The fourth-order valence-corrected chi connectivity index (χ4v) is 4.14. The van der Waals surface area contributed by atoms with Gasteiger partial charge in [0.25, 0.3) is 0 Å². The molecule has 1 spiro atoms. The van der Waals surface area contributed by atoms with Crippen LogP contribution in [0.3, 0.4) is 0 Å². The highest BCUT2D eigenvalue weighted by atomic mass is 16.6. The Balaban J connectivity index is 1.34. The lowest BCUT2D eigenvalue weighted by Crippen LogP contribution is -2.37. The molecule has 1 aromatic carbocycles. The average molecular weight is 363 g/mol. The Morgan fingerprint density at radius 1 is 1.19 bits per heavy atom. The van der Waals surface area contributed by atoms with Gasteiger partial charge in [-0.15, -0.1) is 0 Å². The van der Waals surface area contributed by atoms with Gasteiger partial charge in [0.05, 0.1) is 12.7 Å². The molecule has 2 aromatic heterocycles. The lowest BCUT2D eigenvalue weighted by atomic mass is 10.0. The number of carbonyl (C=O) groups excluding carboxylic acids is 1. The van der Waals surface area contributed by atoms with Gasteiger partial charge < -0.3 is 9.64 Å². The van der Waals surface area contributed by atoms with Crippen molar-refractivity contribution in [3.8, 4) is 11.1 Å². The molecule has 27 heavy (non-hydrogen) atoms. The van der Waals surface area contributed by atoms with E-state index in [0.29, 0.717) is 6.54 Å². The zero-order chi connectivity index (χ0) is 18.4. The minimum Gasteiger partial charge on any atom is -0.439 e. The summed E-state index contributed by atoms with van der Waals surface area (Å²) in [5.41, 5.74) is 3.74.